The maximum Gasteiger partial charge on any atom is 0.142 e. The molecule has 0 saturated heterocycles. The van der Waals surface area contributed by atoms with Gasteiger partial charge in [0.1, 0.15) is 18.1 Å². The van der Waals surface area contributed by atoms with E-state index in [9.17, 15) is 0 Å². The minimum atomic E-state index is 0.141. The Morgan fingerprint density at radius 2 is 1.62 bits per heavy atom. The van der Waals surface area contributed by atoms with Crippen LogP contribution in [0.4, 0.5) is 5.69 Å². The Labute approximate surface area is 144 Å². The van der Waals surface area contributed by atoms with E-state index in [-0.39, 0.29) is 6.10 Å². The minimum Gasteiger partial charge on any atom is -0.491 e. The largest absolute Gasteiger partial charge is 0.491 e. The third kappa shape index (κ3) is 5.78. The SMILES string of the molecule is CCOCCOc1ccccc1CNc1ccccc1OC(C)C. The van der Waals surface area contributed by atoms with Gasteiger partial charge in [0, 0.05) is 18.7 Å². The number of anilines is 1. The minimum absolute atomic E-state index is 0.141. The molecule has 0 heterocycles. The molecule has 0 unspecified atom stereocenters. The number of benzene rings is 2. The molecule has 0 bridgehead atoms. The predicted octanol–water partition coefficient (Wildman–Crippen LogP) is 4.50. The molecule has 0 spiro atoms. The molecule has 0 amide bonds. The van der Waals surface area contributed by atoms with Crippen molar-refractivity contribution in [2.45, 2.75) is 33.4 Å². The van der Waals surface area contributed by atoms with Crippen LogP contribution in [0.3, 0.4) is 0 Å². The second-order valence-corrected chi connectivity index (χ2v) is 5.67. The Kier molecular flexibility index (Phi) is 7.43. The second kappa shape index (κ2) is 9.83. The van der Waals surface area contributed by atoms with E-state index in [1.165, 1.54) is 0 Å². The molecule has 0 aliphatic heterocycles. The second-order valence-electron chi connectivity index (χ2n) is 5.67. The summed E-state index contributed by atoms with van der Waals surface area (Å²) in [5.41, 5.74) is 2.09. The topological polar surface area (TPSA) is 39.7 Å². The van der Waals surface area contributed by atoms with Gasteiger partial charge in [-0.3, -0.25) is 0 Å². The Hall–Kier alpha value is -2.20. The molecule has 0 aromatic heterocycles. The Morgan fingerprint density at radius 1 is 0.917 bits per heavy atom. The summed E-state index contributed by atoms with van der Waals surface area (Å²) < 4.78 is 17.0. The number of hydrogen-bond acceptors (Lipinski definition) is 4. The van der Waals surface area contributed by atoms with Crippen LogP contribution in [0.25, 0.3) is 0 Å². The maximum atomic E-state index is 5.85. The number of rotatable bonds is 10. The normalized spacial score (nSPS) is 10.7. The van der Waals surface area contributed by atoms with Crippen molar-refractivity contribution in [3.8, 4) is 11.5 Å². The van der Waals surface area contributed by atoms with Crippen molar-refractivity contribution in [1.82, 2.24) is 0 Å². The first-order valence-corrected chi connectivity index (χ1v) is 8.48. The highest BCUT2D eigenvalue weighted by atomic mass is 16.5. The van der Waals surface area contributed by atoms with Crippen molar-refractivity contribution in [3.63, 3.8) is 0 Å². The summed E-state index contributed by atoms with van der Waals surface area (Å²) in [6, 6.07) is 16.0. The average Bonchev–Trinajstić information content (AvgIpc) is 2.58. The molecule has 0 fully saturated rings. The fourth-order valence-corrected chi connectivity index (χ4v) is 2.31. The molecule has 4 nitrogen and oxygen atoms in total. The summed E-state index contributed by atoms with van der Waals surface area (Å²) in [4.78, 5) is 0. The van der Waals surface area contributed by atoms with Crippen molar-refractivity contribution in [1.29, 1.82) is 0 Å². The van der Waals surface area contributed by atoms with Crippen LogP contribution < -0.4 is 14.8 Å². The quantitative estimate of drug-likeness (QED) is 0.651. The third-order valence-electron chi connectivity index (χ3n) is 3.38. The smallest absolute Gasteiger partial charge is 0.142 e. The first-order chi connectivity index (χ1) is 11.7. The summed E-state index contributed by atoms with van der Waals surface area (Å²) >= 11 is 0. The molecule has 1 N–H and O–H groups in total. The van der Waals surface area contributed by atoms with Gasteiger partial charge in [0.2, 0.25) is 0 Å². The number of nitrogens with one attached hydrogen (secondary N) is 1. The molecule has 4 heteroatoms. The van der Waals surface area contributed by atoms with Gasteiger partial charge in [-0.05, 0) is 39.0 Å². The van der Waals surface area contributed by atoms with E-state index in [1.807, 2.05) is 63.2 Å². The van der Waals surface area contributed by atoms with Gasteiger partial charge in [-0.25, -0.2) is 0 Å². The molecule has 2 aromatic rings. The highest BCUT2D eigenvalue weighted by Crippen LogP contribution is 2.27. The third-order valence-corrected chi connectivity index (χ3v) is 3.38. The molecule has 0 atom stereocenters. The molecule has 0 radical (unpaired) electrons. The fraction of sp³-hybridized carbons (Fsp3) is 0.400. The highest BCUT2D eigenvalue weighted by Gasteiger charge is 2.07. The van der Waals surface area contributed by atoms with Gasteiger partial charge in [-0.2, -0.15) is 0 Å². The zero-order valence-electron chi connectivity index (χ0n) is 14.7. The Morgan fingerprint density at radius 3 is 2.38 bits per heavy atom. The first-order valence-electron chi connectivity index (χ1n) is 8.48. The van der Waals surface area contributed by atoms with Gasteiger partial charge in [0.25, 0.3) is 0 Å². The summed E-state index contributed by atoms with van der Waals surface area (Å²) in [6.45, 7) is 8.56. The van der Waals surface area contributed by atoms with E-state index in [0.29, 0.717) is 26.4 Å². The molecule has 2 aromatic carbocycles. The zero-order chi connectivity index (χ0) is 17.2. The van der Waals surface area contributed by atoms with Crippen molar-refractivity contribution >= 4 is 5.69 Å². The van der Waals surface area contributed by atoms with Crippen molar-refractivity contribution < 1.29 is 14.2 Å². The molecule has 24 heavy (non-hydrogen) atoms. The summed E-state index contributed by atoms with van der Waals surface area (Å²) in [6.07, 6.45) is 0.141. The number of para-hydroxylation sites is 3. The van der Waals surface area contributed by atoms with Crippen LogP contribution in [-0.2, 0) is 11.3 Å². The lowest BCUT2D eigenvalue weighted by Crippen LogP contribution is -2.10. The van der Waals surface area contributed by atoms with E-state index in [1.54, 1.807) is 0 Å². The van der Waals surface area contributed by atoms with Crippen LogP contribution in [0, 0.1) is 0 Å². The van der Waals surface area contributed by atoms with Crippen molar-refractivity contribution in [2.24, 2.45) is 0 Å². The van der Waals surface area contributed by atoms with E-state index in [4.69, 9.17) is 14.2 Å². The lowest BCUT2D eigenvalue weighted by molar-refractivity contribution is 0.110. The van der Waals surface area contributed by atoms with E-state index in [2.05, 4.69) is 11.4 Å². The molecule has 130 valence electrons. The van der Waals surface area contributed by atoms with Crippen molar-refractivity contribution in [2.75, 3.05) is 25.1 Å². The van der Waals surface area contributed by atoms with Crippen LogP contribution in [0.5, 0.6) is 11.5 Å². The van der Waals surface area contributed by atoms with Crippen molar-refractivity contribution in [3.05, 3.63) is 54.1 Å². The first kappa shape index (κ1) is 18.1. The maximum absolute atomic E-state index is 5.85. The van der Waals surface area contributed by atoms with Crippen LogP contribution >= 0.6 is 0 Å². The lowest BCUT2D eigenvalue weighted by atomic mass is 10.2. The summed E-state index contributed by atoms with van der Waals surface area (Å²) in [5, 5.41) is 3.44. The van der Waals surface area contributed by atoms with Gasteiger partial charge in [-0.15, -0.1) is 0 Å². The van der Waals surface area contributed by atoms with Gasteiger partial charge in [-0.1, -0.05) is 30.3 Å². The lowest BCUT2D eigenvalue weighted by Gasteiger charge is -2.17. The summed E-state index contributed by atoms with van der Waals surface area (Å²) in [7, 11) is 0. The van der Waals surface area contributed by atoms with Gasteiger partial charge in [0.15, 0.2) is 0 Å². The van der Waals surface area contributed by atoms with E-state index in [0.717, 1.165) is 22.7 Å². The van der Waals surface area contributed by atoms with Crippen LogP contribution in [0.1, 0.15) is 26.3 Å². The van der Waals surface area contributed by atoms with Crippen LogP contribution in [0.2, 0.25) is 0 Å². The molecular formula is C20H27NO3. The highest BCUT2D eigenvalue weighted by molar-refractivity contribution is 5.56. The Bertz CT molecular complexity index is 613. The van der Waals surface area contributed by atoms with Gasteiger partial charge < -0.3 is 19.5 Å². The summed E-state index contributed by atoms with van der Waals surface area (Å²) in [5.74, 6) is 1.74. The Balaban J connectivity index is 1.99. The monoisotopic (exact) mass is 329 g/mol. The number of ether oxygens (including phenoxy) is 3. The fourth-order valence-electron chi connectivity index (χ4n) is 2.31. The molecule has 0 saturated carbocycles. The zero-order valence-corrected chi connectivity index (χ0v) is 14.7. The van der Waals surface area contributed by atoms with E-state index >= 15 is 0 Å². The molecular weight excluding hydrogens is 302 g/mol. The van der Waals surface area contributed by atoms with E-state index < -0.39 is 0 Å². The standard InChI is InChI=1S/C20H27NO3/c1-4-22-13-14-23-19-11-7-5-9-17(19)15-21-18-10-6-8-12-20(18)24-16(2)3/h5-12,16,21H,4,13-15H2,1-3H3. The van der Waals surface area contributed by atoms with Crippen LogP contribution in [-0.4, -0.2) is 25.9 Å². The predicted molar refractivity (Wildman–Crippen MR) is 98.0 cm³/mol. The number of hydrogen-bond donors (Lipinski definition) is 1. The van der Waals surface area contributed by atoms with Crippen LogP contribution in [0.15, 0.2) is 48.5 Å². The molecule has 2 rings (SSSR count). The van der Waals surface area contributed by atoms with Gasteiger partial charge in [0.05, 0.1) is 18.4 Å². The molecule has 0 aliphatic carbocycles. The van der Waals surface area contributed by atoms with Gasteiger partial charge >= 0.3 is 0 Å². The average molecular weight is 329 g/mol. The molecule has 0 aliphatic rings.